The highest BCUT2D eigenvalue weighted by atomic mass is 16.2. The van der Waals surface area contributed by atoms with E-state index in [4.69, 9.17) is 0 Å². The van der Waals surface area contributed by atoms with Gasteiger partial charge in [0.2, 0.25) is 5.91 Å². The Labute approximate surface area is 136 Å². The summed E-state index contributed by atoms with van der Waals surface area (Å²) in [5.74, 6) is 0.762. The van der Waals surface area contributed by atoms with Gasteiger partial charge in [0.1, 0.15) is 6.54 Å². The molecule has 0 saturated carbocycles. The molecule has 23 heavy (non-hydrogen) atoms. The molecular weight excluding hydrogens is 290 g/mol. The predicted octanol–water partition coefficient (Wildman–Crippen LogP) is 2.54. The number of nitrogens with zero attached hydrogens (tertiary/aromatic N) is 3. The fourth-order valence-corrected chi connectivity index (χ4v) is 2.67. The van der Waals surface area contributed by atoms with Crippen LogP contribution < -0.4 is 5.56 Å². The summed E-state index contributed by atoms with van der Waals surface area (Å²) in [7, 11) is 0. The molecular formula is C18H25N3O2. The second-order valence-electron chi connectivity index (χ2n) is 6.76. The van der Waals surface area contributed by atoms with Crippen LogP contribution in [-0.4, -0.2) is 33.4 Å². The number of hydrogen-bond acceptors (Lipinski definition) is 3. The summed E-state index contributed by atoms with van der Waals surface area (Å²) in [4.78, 5) is 30.9. The molecule has 1 aromatic heterocycles. The minimum atomic E-state index is -0.244. The highest BCUT2D eigenvalue weighted by Gasteiger charge is 2.18. The van der Waals surface area contributed by atoms with Crippen molar-refractivity contribution in [3.8, 4) is 0 Å². The van der Waals surface area contributed by atoms with Crippen LogP contribution in [0, 0.1) is 11.8 Å². The van der Waals surface area contributed by atoms with Gasteiger partial charge in [0, 0.05) is 13.1 Å². The van der Waals surface area contributed by atoms with Crippen molar-refractivity contribution in [2.75, 3.05) is 13.1 Å². The Morgan fingerprint density at radius 2 is 1.74 bits per heavy atom. The molecule has 1 aromatic carbocycles. The number of para-hydroxylation sites is 2. The third-order valence-electron chi connectivity index (χ3n) is 3.57. The molecule has 0 aliphatic carbocycles. The van der Waals surface area contributed by atoms with Crippen molar-refractivity contribution in [2.24, 2.45) is 11.8 Å². The topological polar surface area (TPSA) is 55.2 Å². The molecule has 0 spiro atoms. The zero-order chi connectivity index (χ0) is 17.0. The molecule has 0 unspecified atom stereocenters. The first kappa shape index (κ1) is 17.2. The van der Waals surface area contributed by atoms with E-state index in [1.807, 2.05) is 29.2 Å². The van der Waals surface area contributed by atoms with Crippen molar-refractivity contribution in [1.29, 1.82) is 0 Å². The van der Waals surface area contributed by atoms with Crippen LogP contribution in [0.25, 0.3) is 11.0 Å². The first-order chi connectivity index (χ1) is 10.9. The normalized spacial score (nSPS) is 11.4. The molecule has 124 valence electrons. The Kier molecular flexibility index (Phi) is 5.53. The van der Waals surface area contributed by atoms with Crippen molar-refractivity contribution < 1.29 is 4.79 Å². The van der Waals surface area contributed by atoms with Gasteiger partial charge >= 0.3 is 0 Å². The number of hydrogen-bond donors (Lipinski definition) is 0. The number of aromatic nitrogens is 2. The number of amides is 1. The molecule has 0 N–H and O–H groups in total. The molecule has 0 aliphatic rings. The molecule has 0 saturated heterocycles. The summed E-state index contributed by atoms with van der Waals surface area (Å²) >= 11 is 0. The molecule has 1 heterocycles. The van der Waals surface area contributed by atoms with Crippen molar-refractivity contribution in [3.63, 3.8) is 0 Å². The van der Waals surface area contributed by atoms with Crippen LogP contribution in [-0.2, 0) is 11.3 Å². The number of benzene rings is 1. The SMILES string of the molecule is CC(C)CN(CC(C)C)C(=O)Cn1c(=O)cnc2ccccc21. The summed E-state index contributed by atoms with van der Waals surface area (Å²) in [5, 5.41) is 0. The largest absolute Gasteiger partial charge is 0.341 e. The van der Waals surface area contributed by atoms with Crippen LogP contribution in [0.1, 0.15) is 27.7 Å². The fourth-order valence-electron chi connectivity index (χ4n) is 2.67. The summed E-state index contributed by atoms with van der Waals surface area (Å²) in [6.45, 7) is 9.83. The van der Waals surface area contributed by atoms with Crippen molar-refractivity contribution in [1.82, 2.24) is 14.5 Å². The molecule has 0 bridgehead atoms. The van der Waals surface area contributed by atoms with Gasteiger partial charge in [-0.2, -0.15) is 0 Å². The van der Waals surface area contributed by atoms with E-state index in [-0.39, 0.29) is 18.0 Å². The second-order valence-corrected chi connectivity index (χ2v) is 6.76. The Morgan fingerprint density at radius 1 is 1.13 bits per heavy atom. The van der Waals surface area contributed by atoms with Crippen molar-refractivity contribution in [2.45, 2.75) is 34.2 Å². The molecule has 0 atom stereocenters. The maximum Gasteiger partial charge on any atom is 0.269 e. The van der Waals surface area contributed by atoms with Gasteiger partial charge in [-0.25, -0.2) is 4.98 Å². The lowest BCUT2D eigenvalue weighted by atomic mass is 10.1. The van der Waals surface area contributed by atoms with E-state index in [1.165, 1.54) is 10.8 Å². The molecule has 5 nitrogen and oxygen atoms in total. The zero-order valence-electron chi connectivity index (χ0n) is 14.3. The maximum atomic E-state index is 12.7. The molecule has 2 aromatic rings. The van der Waals surface area contributed by atoms with Gasteiger partial charge < -0.3 is 4.90 Å². The number of rotatable bonds is 6. The quantitative estimate of drug-likeness (QED) is 0.823. The van der Waals surface area contributed by atoms with Crippen LogP contribution >= 0.6 is 0 Å². The summed E-state index contributed by atoms with van der Waals surface area (Å²) in [6, 6.07) is 7.39. The van der Waals surface area contributed by atoms with E-state index in [9.17, 15) is 9.59 Å². The first-order valence-electron chi connectivity index (χ1n) is 8.11. The Balaban J connectivity index is 2.31. The van der Waals surface area contributed by atoms with E-state index < -0.39 is 0 Å². The Morgan fingerprint density at radius 3 is 2.35 bits per heavy atom. The summed E-state index contributed by atoms with van der Waals surface area (Å²) < 4.78 is 1.51. The van der Waals surface area contributed by atoms with Crippen LogP contribution in [0.2, 0.25) is 0 Å². The minimum absolute atomic E-state index is 0.0224. The van der Waals surface area contributed by atoms with Gasteiger partial charge in [-0.05, 0) is 24.0 Å². The van der Waals surface area contributed by atoms with Crippen molar-refractivity contribution in [3.05, 3.63) is 40.8 Å². The average Bonchev–Trinajstić information content (AvgIpc) is 2.48. The van der Waals surface area contributed by atoms with Crippen LogP contribution in [0.4, 0.5) is 0 Å². The molecule has 2 rings (SSSR count). The van der Waals surface area contributed by atoms with Gasteiger partial charge in [0.05, 0.1) is 17.2 Å². The lowest BCUT2D eigenvalue weighted by Crippen LogP contribution is -2.40. The summed E-state index contributed by atoms with van der Waals surface area (Å²) in [6.07, 6.45) is 1.28. The summed E-state index contributed by atoms with van der Waals surface area (Å²) in [5.41, 5.74) is 1.17. The monoisotopic (exact) mass is 315 g/mol. The highest BCUT2D eigenvalue weighted by Crippen LogP contribution is 2.10. The number of carbonyl (C=O) groups excluding carboxylic acids is 1. The predicted molar refractivity (Wildman–Crippen MR) is 92.3 cm³/mol. The lowest BCUT2D eigenvalue weighted by Gasteiger charge is -2.27. The van der Waals surface area contributed by atoms with Gasteiger partial charge in [-0.1, -0.05) is 39.8 Å². The number of carbonyl (C=O) groups is 1. The molecule has 5 heteroatoms. The van der Waals surface area contributed by atoms with Crippen LogP contribution in [0.5, 0.6) is 0 Å². The standard InChI is InChI=1S/C18H25N3O2/c1-13(2)10-20(11-14(3)4)18(23)12-21-16-8-6-5-7-15(16)19-9-17(21)22/h5-9,13-14H,10-12H2,1-4H3. The van der Waals surface area contributed by atoms with Crippen LogP contribution in [0.15, 0.2) is 35.3 Å². The van der Waals surface area contributed by atoms with E-state index in [0.717, 1.165) is 5.52 Å². The van der Waals surface area contributed by atoms with Crippen molar-refractivity contribution >= 4 is 16.9 Å². The third kappa shape index (κ3) is 4.41. The number of fused-ring (bicyclic) bond motifs is 1. The Hall–Kier alpha value is -2.17. The molecule has 0 fully saturated rings. The van der Waals surface area contributed by atoms with E-state index in [1.54, 1.807) is 0 Å². The van der Waals surface area contributed by atoms with Gasteiger partial charge in [-0.15, -0.1) is 0 Å². The first-order valence-corrected chi connectivity index (χ1v) is 8.11. The minimum Gasteiger partial charge on any atom is -0.341 e. The second kappa shape index (κ2) is 7.40. The molecule has 0 aliphatic heterocycles. The smallest absolute Gasteiger partial charge is 0.269 e. The van der Waals surface area contributed by atoms with Crippen LogP contribution in [0.3, 0.4) is 0 Å². The van der Waals surface area contributed by atoms with E-state index in [0.29, 0.717) is 30.4 Å². The average molecular weight is 315 g/mol. The fraction of sp³-hybridized carbons (Fsp3) is 0.500. The zero-order valence-corrected chi connectivity index (χ0v) is 14.3. The van der Waals surface area contributed by atoms with Gasteiger partial charge in [-0.3, -0.25) is 14.2 Å². The maximum absolute atomic E-state index is 12.7. The van der Waals surface area contributed by atoms with Gasteiger partial charge in [0.15, 0.2) is 0 Å². The lowest BCUT2D eigenvalue weighted by molar-refractivity contribution is -0.132. The van der Waals surface area contributed by atoms with Gasteiger partial charge in [0.25, 0.3) is 5.56 Å². The Bertz CT molecular complexity index is 724. The third-order valence-corrected chi connectivity index (χ3v) is 3.57. The van der Waals surface area contributed by atoms with E-state index in [2.05, 4.69) is 32.7 Å². The molecule has 1 amide bonds. The molecule has 0 radical (unpaired) electrons. The van der Waals surface area contributed by atoms with E-state index >= 15 is 0 Å². The highest BCUT2D eigenvalue weighted by molar-refractivity contribution is 5.80.